The molecule has 0 rings (SSSR count). The van der Waals surface area contributed by atoms with Gasteiger partial charge >= 0.3 is 7.56 Å². The quantitative estimate of drug-likeness (QED) is 0.331. The van der Waals surface area contributed by atoms with Crippen LogP contribution in [0.5, 0.6) is 0 Å². The van der Waals surface area contributed by atoms with Crippen molar-refractivity contribution in [3.8, 4) is 0 Å². The second-order valence-electron chi connectivity index (χ2n) is 0.778. The lowest BCUT2D eigenvalue weighted by atomic mass is 10.8. The fourth-order valence-electron chi connectivity index (χ4n) is 0. The Bertz CT molecular complexity index is 55.8. The van der Waals surface area contributed by atoms with Crippen molar-refractivity contribution in [3.05, 3.63) is 0 Å². The molecule has 0 saturated carbocycles. The van der Waals surface area contributed by atoms with E-state index in [4.69, 9.17) is 9.46 Å². The molecule has 0 aromatic heterocycles. The number of hydrogen-bond donors (Lipinski definition) is 1. The lowest BCUT2D eigenvalue weighted by Crippen LogP contribution is -1.58. The molecule has 0 fully saturated rings. The second-order valence-corrected chi connectivity index (χ2v) is 2.33. The van der Waals surface area contributed by atoms with Gasteiger partial charge in [0.25, 0.3) is 7.57 Å². The van der Waals surface area contributed by atoms with Gasteiger partial charge in [-0.3, -0.25) is 4.57 Å². The van der Waals surface area contributed by atoms with Crippen LogP contribution in [-0.2, 0) is 4.57 Å². The summed E-state index contributed by atoms with van der Waals surface area (Å²) in [5.74, 6) is 0. The normalized spacial score (nSPS) is 21.2. The Morgan fingerprint density at radius 3 is 2.00 bits per heavy atom. The van der Waals surface area contributed by atoms with Crippen LogP contribution >= 0.6 is 7.56 Å². The third-order valence-electron chi connectivity index (χ3n) is 0. The standard InChI is InChI=1S/BFH3O2P/c1-5(2,3)4/h1H2,(H,3,4). The third-order valence-corrected chi connectivity index (χ3v) is 0. The maximum absolute atomic E-state index is 10.8. The molecule has 0 radical (unpaired) electrons. The molecule has 30 valence electrons. The zero-order valence-electron chi connectivity index (χ0n) is 2.68. The van der Waals surface area contributed by atoms with Gasteiger partial charge in [-0.25, -0.2) is 0 Å². The molecular weight excluding hydrogens is 92.8 g/mol. The summed E-state index contributed by atoms with van der Waals surface area (Å²) in [6.07, 6.45) is 0. The maximum atomic E-state index is 10.8. The lowest BCUT2D eigenvalue weighted by Gasteiger charge is -1.80. The van der Waals surface area contributed by atoms with Gasteiger partial charge in [0.05, 0.1) is 0 Å². The molecule has 5 heavy (non-hydrogen) atoms. The van der Waals surface area contributed by atoms with Crippen LogP contribution in [0.2, 0.25) is 0 Å². The van der Waals surface area contributed by atoms with Crippen molar-refractivity contribution in [1.29, 1.82) is 0 Å². The SMILES string of the molecule is BP(=O)(O)F. The minimum atomic E-state index is -4.14. The van der Waals surface area contributed by atoms with Crippen molar-refractivity contribution in [1.82, 2.24) is 0 Å². The summed E-state index contributed by atoms with van der Waals surface area (Å²) >= 11 is 0. The molecule has 0 aromatic carbocycles. The van der Waals surface area contributed by atoms with E-state index in [-0.39, 0.29) is 0 Å². The van der Waals surface area contributed by atoms with Crippen molar-refractivity contribution < 1.29 is 13.7 Å². The van der Waals surface area contributed by atoms with E-state index < -0.39 is 7.56 Å². The molecule has 0 aliphatic rings. The van der Waals surface area contributed by atoms with Crippen LogP contribution in [-0.4, -0.2) is 12.5 Å². The molecule has 0 bridgehead atoms. The molecule has 0 aliphatic heterocycles. The van der Waals surface area contributed by atoms with Gasteiger partial charge < -0.3 is 4.89 Å². The highest BCUT2D eigenvalue weighted by atomic mass is 31.2. The molecule has 0 heterocycles. The molecule has 0 aromatic rings. The van der Waals surface area contributed by atoms with Gasteiger partial charge in [-0.1, -0.05) is 0 Å². The predicted octanol–water partition coefficient (Wildman–Crippen LogP) is -0.311. The first-order valence-corrected chi connectivity index (χ1v) is 3.00. The average molecular weight is 95.8 g/mol. The fourth-order valence-corrected chi connectivity index (χ4v) is 0. The Kier molecular flexibility index (Phi) is 1.15. The fraction of sp³-hybridized carbons (Fsp3) is 0. The monoisotopic (exact) mass is 96.0 g/mol. The Morgan fingerprint density at radius 2 is 2.00 bits per heavy atom. The molecular formula is H3BFO2P. The molecule has 1 unspecified atom stereocenters. The van der Waals surface area contributed by atoms with E-state index in [1.165, 1.54) is 0 Å². The summed E-state index contributed by atoms with van der Waals surface area (Å²) < 4.78 is 19.9. The summed E-state index contributed by atoms with van der Waals surface area (Å²) in [4.78, 5) is 7.41. The van der Waals surface area contributed by atoms with Crippen molar-refractivity contribution in [2.24, 2.45) is 0 Å². The van der Waals surface area contributed by atoms with Gasteiger partial charge in [0.15, 0.2) is 0 Å². The lowest BCUT2D eigenvalue weighted by molar-refractivity contribution is 0.450. The Balaban J connectivity index is 3.47. The second kappa shape index (κ2) is 1.11. The van der Waals surface area contributed by atoms with E-state index >= 15 is 0 Å². The highest BCUT2D eigenvalue weighted by Gasteiger charge is 2.00. The summed E-state index contributed by atoms with van der Waals surface area (Å²) in [5, 5.41) is 0. The average Bonchev–Trinajstić information content (AvgIpc) is 0.722. The molecule has 0 aliphatic carbocycles. The first-order chi connectivity index (χ1) is 2.00. The van der Waals surface area contributed by atoms with Crippen LogP contribution in [0, 0.1) is 0 Å². The summed E-state index contributed by atoms with van der Waals surface area (Å²) in [6, 6.07) is 0. The number of halogens is 1. The van der Waals surface area contributed by atoms with Crippen molar-refractivity contribution >= 4 is 15.1 Å². The first-order valence-electron chi connectivity index (χ1n) is 0.999. The molecule has 0 saturated heterocycles. The number of hydrogen-bond acceptors (Lipinski definition) is 1. The van der Waals surface area contributed by atoms with Gasteiger partial charge in [0.2, 0.25) is 0 Å². The molecule has 0 amide bonds. The Hall–Kier alpha value is 0.185. The van der Waals surface area contributed by atoms with Gasteiger partial charge in [-0.2, -0.15) is 4.20 Å². The Labute approximate surface area is 29.9 Å². The van der Waals surface area contributed by atoms with Crippen LogP contribution in [0.15, 0.2) is 0 Å². The molecule has 0 spiro atoms. The van der Waals surface area contributed by atoms with Crippen LogP contribution in [0.4, 0.5) is 4.20 Å². The van der Waals surface area contributed by atoms with Crippen LogP contribution in [0.25, 0.3) is 0 Å². The van der Waals surface area contributed by atoms with E-state index in [1.54, 1.807) is 0 Å². The van der Waals surface area contributed by atoms with Crippen molar-refractivity contribution in [3.63, 3.8) is 0 Å². The topological polar surface area (TPSA) is 37.3 Å². The van der Waals surface area contributed by atoms with E-state index in [0.29, 0.717) is 7.57 Å². The zero-order valence-corrected chi connectivity index (χ0v) is 3.58. The first kappa shape index (κ1) is 5.18. The molecule has 1 atom stereocenters. The zero-order chi connectivity index (χ0) is 4.50. The van der Waals surface area contributed by atoms with E-state index in [2.05, 4.69) is 0 Å². The maximum Gasteiger partial charge on any atom is 0.305 e. The summed E-state index contributed by atoms with van der Waals surface area (Å²) in [7, 11) is -3.51. The van der Waals surface area contributed by atoms with Gasteiger partial charge in [-0.05, 0) is 0 Å². The summed E-state index contributed by atoms with van der Waals surface area (Å²) in [6.45, 7) is 0. The third kappa shape index (κ3) is 584. The van der Waals surface area contributed by atoms with Crippen molar-refractivity contribution in [2.75, 3.05) is 0 Å². The summed E-state index contributed by atoms with van der Waals surface area (Å²) in [5.41, 5.74) is 0. The largest absolute Gasteiger partial charge is 0.330 e. The van der Waals surface area contributed by atoms with Gasteiger partial charge in [-0.15, -0.1) is 0 Å². The van der Waals surface area contributed by atoms with Gasteiger partial charge in [0, 0.05) is 0 Å². The van der Waals surface area contributed by atoms with Crippen LogP contribution in [0.1, 0.15) is 0 Å². The van der Waals surface area contributed by atoms with Crippen LogP contribution in [0.3, 0.4) is 0 Å². The highest BCUT2D eigenvalue weighted by molar-refractivity contribution is 7.78. The van der Waals surface area contributed by atoms with E-state index in [1.807, 2.05) is 0 Å². The molecule has 2 nitrogen and oxygen atoms in total. The number of rotatable bonds is 0. The van der Waals surface area contributed by atoms with E-state index in [0.717, 1.165) is 0 Å². The van der Waals surface area contributed by atoms with Crippen LogP contribution < -0.4 is 0 Å². The van der Waals surface area contributed by atoms with Gasteiger partial charge in [0.1, 0.15) is 0 Å². The minimum absolute atomic E-state index is 0.632. The van der Waals surface area contributed by atoms with E-state index in [9.17, 15) is 4.20 Å². The Morgan fingerprint density at radius 1 is 2.00 bits per heavy atom. The smallest absolute Gasteiger partial charge is 0.305 e. The minimum Gasteiger partial charge on any atom is -0.330 e. The highest BCUT2D eigenvalue weighted by Crippen LogP contribution is 2.34. The molecule has 1 N–H and O–H groups in total. The van der Waals surface area contributed by atoms with Crippen molar-refractivity contribution in [2.45, 2.75) is 0 Å². The predicted molar refractivity (Wildman–Crippen MR) is 19.5 cm³/mol. The molecule has 5 heteroatoms.